The van der Waals surface area contributed by atoms with Crippen molar-refractivity contribution in [2.45, 2.75) is 92.3 Å². The molecule has 5 heterocycles. The van der Waals surface area contributed by atoms with Gasteiger partial charge in [-0.25, -0.2) is 0 Å². The number of ether oxygens (including phenoxy) is 2. The Hall–Kier alpha value is -4.68. The molecule has 13 heteroatoms. The Balaban J connectivity index is 0.000000218. The second-order valence-electron chi connectivity index (χ2n) is 11.5. The first-order valence-corrected chi connectivity index (χ1v) is 13.4. The van der Waals surface area contributed by atoms with Crippen LogP contribution in [0.4, 0.5) is 0 Å². The van der Waals surface area contributed by atoms with Crippen LogP contribution >= 0.6 is 0 Å². The predicted octanol–water partition coefficient (Wildman–Crippen LogP) is 1.67. The van der Waals surface area contributed by atoms with Crippen LogP contribution in [0.25, 0.3) is 0 Å². The predicted molar refractivity (Wildman–Crippen MR) is 151 cm³/mol. The fourth-order valence-electron chi connectivity index (χ4n) is 4.71. The van der Waals surface area contributed by atoms with E-state index in [1.54, 1.807) is 0 Å². The fourth-order valence-corrected chi connectivity index (χ4v) is 4.71. The molecule has 0 spiro atoms. The minimum absolute atomic E-state index is 0.147. The molecule has 43 heavy (non-hydrogen) atoms. The van der Waals surface area contributed by atoms with Crippen LogP contribution in [-0.2, 0) is 47.8 Å². The van der Waals surface area contributed by atoms with Crippen molar-refractivity contribution < 1.29 is 47.8 Å². The minimum atomic E-state index is -0.490. The molecular formula is C30H37N3O10. The standard InChI is InChI=1S/2C11H13NO3.C5H5NO3.C3H6O/c2*1-6-5-11(2,3)15-7-4-8(13)12-10(14)9(6)7;7-3-1-4(8)6-5(9)2-3;1-3(2)4/h2*5H,4H2,1-3H3,(H,12,13,14);1-2H2,(H,6,8,9);1-2H3. The zero-order valence-electron chi connectivity index (χ0n) is 25.6. The van der Waals surface area contributed by atoms with Crippen molar-refractivity contribution in [1.29, 1.82) is 0 Å². The number of imide groups is 3. The van der Waals surface area contributed by atoms with Gasteiger partial charge in [-0.2, -0.15) is 0 Å². The molecule has 0 atom stereocenters. The van der Waals surface area contributed by atoms with Gasteiger partial charge in [0.05, 0.1) is 36.8 Å². The van der Waals surface area contributed by atoms with E-state index in [0.717, 1.165) is 11.1 Å². The van der Waals surface area contributed by atoms with Crippen LogP contribution in [0, 0.1) is 0 Å². The van der Waals surface area contributed by atoms with Crippen molar-refractivity contribution in [2.75, 3.05) is 0 Å². The van der Waals surface area contributed by atoms with Gasteiger partial charge in [0.1, 0.15) is 28.5 Å². The molecule has 0 radical (unpaired) electrons. The second-order valence-corrected chi connectivity index (χ2v) is 11.5. The Bertz CT molecular complexity index is 1290. The molecule has 6 amide bonds. The van der Waals surface area contributed by atoms with Crippen LogP contribution in [0.15, 0.2) is 46.0 Å². The summed E-state index contributed by atoms with van der Waals surface area (Å²) in [7, 11) is 0. The van der Waals surface area contributed by atoms with Crippen LogP contribution in [0.3, 0.4) is 0 Å². The largest absolute Gasteiger partial charge is 0.487 e. The molecule has 5 rings (SSSR count). The quantitative estimate of drug-likeness (QED) is 0.273. The van der Waals surface area contributed by atoms with Crippen LogP contribution < -0.4 is 16.0 Å². The van der Waals surface area contributed by atoms with Gasteiger partial charge in [-0.15, -0.1) is 0 Å². The van der Waals surface area contributed by atoms with Crippen LogP contribution in [0.2, 0.25) is 0 Å². The van der Waals surface area contributed by atoms with E-state index in [2.05, 4.69) is 10.6 Å². The summed E-state index contributed by atoms with van der Waals surface area (Å²) in [5, 5.41) is 6.57. The van der Waals surface area contributed by atoms with E-state index < -0.39 is 23.0 Å². The first-order valence-electron chi connectivity index (χ1n) is 13.4. The number of carbonyl (C=O) groups excluding carboxylic acids is 8. The highest BCUT2D eigenvalue weighted by molar-refractivity contribution is 6.16. The van der Waals surface area contributed by atoms with E-state index in [1.807, 2.05) is 59.0 Å². The highest BCUT2D eigenvalue weighted by atomic mass is 16.5. The SMILES string of the molecule is CC(C)=O.CC1=CC(C)(C)OC2=C1C(=O)NC(=O)C2.CC1=CC(C)(C)OC2=C1C(=O)NC(=O)C2.O=C1CC(=O)NC(=O)C1. The molecule has 1 fully saturated rings. The minimum Gasteiger partial charge on any atom is -0.487 e. The summed E-state index contributed by atoms with van der Waals surface area (Å²) in [4.78, 5) is 86.0. The Morgan fingerprint density at radius 2 is 0.907 bits per heavy atom. The highest BCUT2D eigenvalue weighted by Crippen LogP contribution is 2.34. The van der Waals surface area contributed by atoms with E-state index >= 15 is 0 Å². The van der Waals surface area contributed by atoms with Gasteiger partial charge in [0.2, 0.25) is 23.6 Å². The number of amides is 6. The molecule has 0 aromatic rings. The molecule has 232 valence electrons. The van der Waals surface area contributed by atoms with Crippen molar-refractivity contribution >= 4 is 47.0 Å². The third kappa shape index (κ3) is 10.3. The maximum absolute atomic E-state index is 11.5. The molecule has 0 aromatic heterocycles. The Morgan fingerprint density at radius 3 is 1.21 bits per heavy atom. The van der Waals surface area contributed by atoms with Gasteiger partial charge in [-0.1, -0.05) is 0 Å². The highest BCUT2D eigenvalue weighted by Gasteiger charge is 2.36. The molecule has 0 bridgehead atoms. The molecule has 0 aliphatic carbocycles. The van der Waals surface area contributed by atoms with E-state index in [0.29, 0.717) is 22.7 Å². The van der Waals surface area contributed by atoms with Gasteiger partial charge < -0.3 is 14.3 Å². The first kappa shape index (κ1) is 34.5. The first-order chi connectivity index (χ1) is 19.7. The summed E-state index contributed by atoms with van der Waals surface area (Å²) in [6.07, 6.45) is 3.78. The van der Waals surface area contributed by atoms with Crippen LogP contribution in [-0.4, -0.2) is 58.2 Å². The molecular weight excluding hydrogens is 562 g/mol. The van der Waals surface area contributed by atoms with Gasteiger partial charge in [-0.05, 0) is 78.7 Å². The summed E-state index contributed by atoms with van der Waals surface area (Å²) in [5.41, 5.74) is 1.86. The van der Waals surface area contributed by atoms with Crippen LogP contribution in [0.1, 0.15) is 81.1 Å². The smallest absolute Gasteiger partial charge is 0.261 e. The van der Waals surface area contributed by atoms with E-state index in [1.165, 1.54) is 13.8 Å². The van der Waals surface area contributed by atoms with Crippen LogP contribution in [0.5, 0.6) is 0 Å². The van der Waals surface area contributed by atoms with Gasteiger partial charge >= 0.3 is 0 Å². The van der Waals surface area contributed by atoms with E-state index in [4.69, 9.17) is 9.47 Å². The fraction of sp³-hybridized carbons (Fsp3) is 0.467. The maximum atomic E-state index is 11.5. The lowest BCUT2D eigenvalue weighted by atomic mass is 9.92. The topological polar surface area (TPSA) is 191 Å². The summed E-state index contributed by atoms with van der Waals surface area (Å²) < 4.78 is 11.2. The zero-order valence-corrected chi connectivity index (χ0v) is 25.6. The summed E-state index contributed by atoms with van der Waals surface area (Å²) in [6, 6.07) is 0. The van der Waals surface area contributed by atoms with Gasteiger partial charge in [0, 0.05) is 0 Å². The van der Waals surface area contributed by atoms with Gasteiger partial charge in [0.15, 0.2) is 5.78 Å². The van der Waals surface area contributed by atoms with Crippen molar-refractivity contribution in [3.63, 3.8) is 0 Å². The number of Topliss-reactive ketones (excluding diaryl/α,β-unsaturated/α-hetero) is 2. The summed E-state index contributed by atoms with van der Waals surface area (Å²) >= 11 is 0. The molecule has 5 aliphatic heterocycles. The Labute approximate surface area is 249 Å². The number of carbonyl (C=O) groups is 8. The third-order valence-electron chi connectivity index (χ3n) is 5.84. The Morgan fingerprint density at radius 1 is 0.605 bits per heavy atom. The lowest BCUT2D eigenvalue weighted by Gasteiger charge is -2.33. The van der Waals surface area contributed by atoms with E-state index in [-0.39, 0.29) is 60.9 Å². The summed E-state index contributed by atoms with van der Waals surface area (Å²) in [5.74, 6) is -1.44. The molecule has 5 aliphatic rings. The molecule has 0 aromatic carbocycles. The van der Waals surface area contributed by atoms with Crippen molar-refractivity contribution in [1.82, 2.24) is 16.0 Å². The maximum Gasteiger partial charge on any atom is 0.261 e. The number of ketones is 2. The average Bonchev–Trinajstić information content (AvgIpc) is 2.75. The third-order valence-corrected chi connectivity index (χ3v) is 5.84. The molecule has 0 saturated carbocycles. The second kappa shape index (κ2) is 13.5. The lowest BCUT2D eigenvalue weighted by molar-refractivity contribution is -0.139. The van der Waals surface area contributed by atoms with E-state index in [9.17, 15) is 38.4 Å². The molecule has 3 N–H and O–H groups in total. The zero-order chi connectivity index (χ0) is 32.9. The number of rotatable bonds is 0. The average molecular weight is 600 g/mol. The number of hydrogen-bond donors (Lipinski definition) is 3. The number of piperidine rings is 1. The Kier molecular flexibility index (Phi) is 10.9. The lowest BCUT2D eigenvalue weighted by Crippen LogP contribution is -2.41. The molecule has 0 unspecified atom stereocenters. The van der Waals surface area contributed by atoms with Crippen molar-refractivity contribution in [2.24, 2.45) is 0 Å². The summed E-state index contributed by atoms with van der Waals surface area (Å²) in [6.45, 7) is 14.4. The van der Waals surface area contributed by atoms with Gasteiger partial charge in [0.25, 0.3) is 11.8 Å². The van der Waals surface area contributed by atoms with Crippen molar-refractivity contribution in [3.8, 4) is 0 Å². The molecule has 13 nitrogen and oxygen atoms in total. The normalized spacial score (nSPS) is 21.5. The number of hydrogen-bond acceptors (Lipinski definition) is 10. The number of nitrogens with one attached hydrogen (secondary N) is 3. The van der Waals surface area contributed by atoms with Gasteiger partial charge in [-0.3, -0.25) is 49.5 Å². The molecule has 1 saturated heterocycles. The van der Waals surface area contributed by atoms with Crippen molar-refractivity contribution in [3.05, 3.63) is 46.0 Å². The monoisotopic (exact) mass is 599 g/mol.